The van der Waals surface area contributed by atoms with E-state index in [9.17, 15) is 0 Å². The van der Waals surface area contributed by atoms with Gasteiger partial charge in [0.2, 0.25) is 0 Å². The molecule has 7 heteroatoms. The Hall–Kier alpha value is -2.04. The van der Waals surface area contributed by atoms with E-state index in [-0.39, 0.29) is 0 Å². The van der Waals surface area contributed by atoms with Crippen LogP contribution < -0.4 is 8.79 Å². The van der Waals surface area contributed by atoms with Crippen LogP contribution in [-0.2, 0) is 0 Å². The fourth-order valence-electron chi connectivity index (χ4n) is 9.52. The van der Waals surface area contributed by atoms with E-state index in [1.54, 1.807) is 8.79 Å². The zero-order valence-corrected chi connectivity index (χ0v) is 41.0. The van der Waals surface area contributed by atoms with Gasteiger partial charge >= 0.3 is 357 Å². The summed E-state index contributed by atoms with van der Waals surface area (Å²) < 4.78 is 3.15. The Kier molecular flexibility index (Phi) is 12.5. The molecule has 0 radical (unpaired) electrons. The zero-order chi connectivity index (χ0) is 39.3. The van der Waals surface area contributed by atoms with Gasteiger partial charge in [-0.3, -0.25) is 0 Å². The van der Waals surface area contributed by atoms with Crippen LogP contribution in [0.4, 0.5) is 0 Å². The molecule has 1 saturated heterocycles. The first-order valence-electron chi connectivity index (χ1n) is 18.8. The van der Waals surface area contributed by atoms with Crippen molar-refractivity contribution in [2.45, 2.75) is 83.1 Å². The Balaban J connectivity index is 1.76. The number of aryl methyl sites for hydroxylation is 12. The molecule has 1 heterocycles. The summed E-state index contributed by atoms with van der Waals surface area (Å²) in [5, 5.41) is 0. The normalized spacial score (nSPS) is 14.3. The van der Waals surface area contributed by atoms with Gasteiger partial charge in [0.05, 0.1) is 0 Å². The van der Waals surface area contributed by atoms with Crippen molar-refractivity contribution in [2.24, 2.45) is 0 Å². The molecule has 1 fully saturated rings. The molecule has 0 bridgehead atoms. The molecule has 0 aliphatic carbocycles. The first-order chi connectivity index (χ1) is 26.2. The summed E-state index contributed by atoms with van der Waals surface area (Å²) in [5.41, 5.74) is 27.2. The van der Waals surface area contributed by atoms with Crippen molar-refractivity contribution in [3.63, 3.8) is 0 Å². The van der Waals surface area contributed by atoms with Gasteiger partial charge in [-0.1, -0.05) is 0 Å². The van der Waals surface area contributed by atoms with Crippen LogP contribution in [0.1, 0.15) is 66.8 Å². The molecule has 0 spiro atoms. The fourth-order valence-corrected chi connectivity index (χ4v) is 71.1. The van der Waals surface area contributed by atoms with Gasteiger partial charge in [-0.15, -0.1) is 0 Å². The van der Waals surface area contributed by atoms with Crippen molar-refractivity contribution < 1.29 is 0 Å². The zero-order valence-electron chi connectivity index (χ0n) is 34.0. The molecule has 6 aromatic rings. The van der Waals surface area contributed by atoms with E-state index >= 15 is 0 Å². The average Bonchev–Trinajstić information content (AvgIpc) is 3.33. The van der Waals surface area contributed by atoms with Crippen LogP contribution in [-0.4, -0.2) is 11.0 Å². The Morgan fingerprint density at radius 3 is 0.745 bits per heavy atom. The molecule has 1 aliphatic rings. The summed E-state index contributed by atoms with van der Waals surface area (Å²) in [4.78, 5) is 0. The van der Waals surface area contributed by atoms with Crippen molar-refractivity contribution in [2.75, 3.05) is 0 Å². The third-order valence-electron chi connectivity index (χ3n) is 11.0. The molecule has 0 unspecified atom stereocenters. The van der Waals surface area contributed by atoms with Crippen LogP contribution >= 0.6 is 57.5 Å². The summed E-state index contributed by atoms with van der Waals surface area (Å²) in [6.07, 6.45) is 0. The van der Waals surface area contributed by atoms with Crippen molar-refractivity contribution in [3.8, 4) is 44.5 Å². The maximum absolute atomic E-state index is 3.75. The molecule has 282 valence electrons. The number of hydrogen-bond donors (Lipinski definition) is 0. The predicted octanol–water partition coefficient (Wildman–Crippen LogP) is 15.6. The Morgan fingerprint density at radius 2 is 0.527 bits per heavy atom. The number of benzene rings is 6. The molecular weight excluding hydrogens is 842 g/mol. The molecule has 0 nitrogen and oxygen atoms in total. The minimum atomic E-state index is -3.75. The fraction of sp³-hybridized carbons (Fsp3) is 0.250. The van der Waals surface area contributed by atoms with E-state index in [2.05, 4.69) is 186 Å². The quantitative estimate of drug-likeness (QED) is 0.120. The molecule has 0 atom stereocenters. The van der Waals surface area contributed by atoms with Gasteiger partial charge in [0.25, 0.3) is 0 Å². The van der Waals surface area contributed by atoms with Gasteiger partial charge in [0.15, 0.2) is 0 Å². The van der Waals surface area contributed by atoms with Crippen LogP contribution in [0, 0.1) is 83.1 Å². The topological polar surface area (TPSA) is 0 Å². The standard InChI is InChI=1S/C48H50GeS6/c1-27-19-31(5)43(32(6)20-27)39-15-13-16-40(44-33(7)21-28(2)22-34(44)8)47(39)49(50-52-54-55-53-51-49)48-41(45-35(9)23-29(3)24-36(45)10)17-14-18-42(48)46-37(11)25-30(4)26-38(46)12/h13-26H,1-12H3. The van der Waals surface area contributed by atoms with Crippen LogP contribution in [0.2, 0.25) is 0 Å². The average molecular weight is 892 g/mol. The van der Waals surface area contributed by atoms with Crippen molar-refractivity contribution >= 4 is 77.3 Å². The van der Waals surface area contributed by atoms with Crippen LogP contribution in [0.5, 0.6) is 0 Å². The van der Waals surface area contributed by atoms with E-state index in [0.29, 0.717) is 0 Å². The molecule has 6 aromatic carbocycles. The van der Waals surface area contributed by atoms with E-state index < -0.39 is 11.0 Å². The summed E-state index contributed by atoms with van der Waals surface area (Å²) >= 11 is 0. The van der Waals surface area contributed by atoms with Crippen molar-refractivity contribution in [3.05, 3.63) is 152 Å². The van der Waals surface area contributed by atoms with E-state index in [0.717, 1.165) is 0 Å². The molecule has 55 heavy (non-hydrogen) atoms. The number of rotatable bonds is 6. The maximum atomic E-state index is 2.46. The van der Waals surface area contributed by atoms with E-state index in [4.69, 9.17) is 0 Å². The van der Waals surface area contributed by atoms with Gasteiger partial charge < -0.3 is 0 Å². The summed E-state index contributed by atoms with van der Waals surface area (Å²) in [7, 11) is 8.58. The first-order valence-corrected chi connectivity index (χ1v) is 33.6. The number of hydrogen-bond acceptors (Lipinski definition) is 6. The van der Waals surface area contributed by atoms with E-state index in [1.165, 1.54) is 111 Å². The Morgan fingerprint density at radius 1 is 0.309 bits per heavy atom. The molecule has 7 rings (SSSR count). The van der Waals surface area contributed by atoms with Crippen LogP contribution in [0.3, 0.4) is 0 Å². The third kappa shape index (κ3) is 7.80. The summed E-state index contributed by atoms with van der Waals surface area (Å²) in [5.74, 6) is 0. The van der Waals surface area contributed by atoms with Gasteiger partial charge in [-0.05, 0) is 0 Å². The van der Waals surface area contributed by atoms with Crippen LogP contribution in [0.15, 0.2) is 84.9 Å². The molecule has 0 saturated carbocycles. The second kappa shape index (κ2) is 16.7. The SMILES string of the molecule is Cc1cc(C)c(-c2cccc(-c3c(C)cc(C)cc3C)[c]2[Ge]2([c]3c(-c4c(C)cc(C)cc4C)cccc3-c3c(C)cc(C)cc3C)[S]SSSS[S]2)c(C)c1. The molecule has 1 aliphatic heterocycles. The summed E-state index contributed by atoms with van der Waals surface area (Å²) in [6.45, 7) is 27.6. The van der Waals surface area contributed by atoms with Crippen LogP contribution in [0.25, 0.3) is 44.5 Å². The predicted molar refractivity (Wildman–Crippen MR) is 262 cm³/mol. The Bertz CT molecular complexity index is 2060. The monoisotopic (exact) mass is 892 g/mol. The van der Waals surface area contributed by atoms with Crippen molar-refractivity contribution in [1.82, 2.24) is 0 Å². The van der Waals surface area contributed by atoms with Gasteiger partial charge in [0, 0.05) is 0 Å². The second-order valence-electron chi connectivity index (χ2n) is 15.6. The molecule has 0 amide bonds. The molecule has 0 aromatic heterocycles. The molecular formula is C48H50GeS6. The van der Waals surface area contributed by atoms with Crippen molar-refractivity contribution in [1.29, 1.82) is 0 Å². The summed E-state index contributed by atoms with van der Waals surface area (Å²) in [6, 6.07) is 33.6. The molecule has 0 N–H and O–H groups in total. The second-order valence-corrected chi connectivity index (χ2v) is 42.7. The minimum absolute atomic E-state index is 1.32. The van der Waals surface area contributed by atoms with Gasteiger partial charge in [0.1, 0.15) is 0 Å². The van der Waals surface area contributed by atoms with E-state index in [1.807, 2.05) is 39.3 Å². The first kappa shape index (κ1) is 41.1. The third-order valence-corrected chi connectivity index (χ3v) is 53.5. The van der Waals surface area contributed by atoms with Gasteiger partial charge in [-0.25, -0.2) is 0 Å². The van der Waals surface area contributed by atoms with Gasteiger partial charge in [-0.2, -0.15) is 0 Å². The Labute approximate surface area is 353 Å².